The number of benzene rings is 1. The molecule has 0 heterocycles. The molecule has 0 aliphatic carbocycles. The van der Waals surface area contributed by atoms with Crippen molar-refractivity contribution >= 4 is 51.8 Å². The second kappa shape index (κ2) is 5.95. The predicted molar refractivity (Wildman–Crippen MR) is 66.5 cm³/mol. The van der Waals surface area contributed by atoms with Crippen molar-refractivity contribution < 1.29 is 4.79 Å². The molecule has 0 saturated carbocycles. The zero-order valence-electron chi connectivity index (χ0n) is 7.41. The molecule has 4 N–H and O–H groups in total. The first-order valence-corrected chi connectivity index (χ1v) is 4.76. The smallest absolute Gasteiger partial charge is 0.280 e. The standard InChI is InChI=1S/C8H7BrClN3O.ClH/c9-5-1-4(2-6(10)3-5)7(14)13-8(11)12;/h1-3H,(H4,11,12,13,14);1H. The molecular formula is C8H8BrCl2N3O. The number of rotatable bonds is 1. The maximum Gasteiger partial charge on any atom is 0.280 e. The molecule has 0 fully saturated rings. The van der Waals surface area contributed by atoms with Crippen molar-refractivity contribution in [3.8, 4) is 0 Å². The van der Waals surface area contributed by atoms with Gasteiger partial charge in [0.2, 0.25) is 0 Å². The lowest BCUT2D eigenvalue weighted by atomic mass is 10.2. The van der Waals surface area contributed by atoms with Crippen LogP contribution in [-0.2, 0) is 0 Å². The molecular weight excluding hydrogens is 305 g/mol. The Bertz CT molecular complexity index is 385. The van der Waals surface area contributed by atoms with Gasteiger partial charge in [-0.1, -0.05) is 27.5 Å². The molecule has 15 heavy (non-hydrogen) atoms. The number of carbonyl (C=O) groups excluding carboxylic acids is 1. The summed E-state index contributed by atoms with van der Waals surface area (Å²) in [4.78, 5) is 14.7. The van der Waals surface area contributed by atoms with Crippen LogP contribution in [0.3, 0.4) is 0 Å². The van der Waals surface area contributed by atoms with E-state index in [0.29, 0.717) is 15.1 Å². The fourth-order valence-electron chi connectivity index (χ4n) is 0.859. The lowest BCUT2D eigenvalue weighted by molar-refractivity contribution is 0.100. The maximum absolute atomic E-state index is 11.3. The Kier molecular flexibility index (Phi) is 5.64. The second-order valence-electron chi connectivity index (χ2n) is 2.50. The molecule has 0 saturated heterocycles. The molecule has 0 spiro atoms. The van der Waals surface area contributed by atoms with Crippen LogP contribution in [0.5, 0.6) is 0 Å². The molecule has 0 aliphatic heterocycles. The lowest BCUT2D eigenvalue weighted by Crippen LogP contribution is -2.24. The van der Waals surface area contributed by atoms with E-state index in [1.165, 1.54) is 6.07 Å². The van der Waals surface area contributed by atoms with Gasteiger partial charge in [0.1, 0.15) is 0 Å². The van der Waals surface area contributed by atoms with Crippen molar-refractivity contribution in [1.82, 2.24) is 0 Å². The summed E-state index contributed by atoms with van der Waals surface area (Å²) < 4.78 is 0.694. The Balaban J connectivity index is 0.00000196. The van der Waals surface area contributed by atoms with E-state index in [1.807, 2.05) is 0 Å². The van der Waals surface area contributed by atoms with Crippen molar-refractivity contribution in [2.24, 2.45) is 16.5 Å². The topological polar surface area (TPSA) is 81.5 Å². The van der Waals surface area contributed by atoms with Crippen LogP contribution in [-0.4, -0.2) is 11.9 Å². The number of nitrogens with zero attached hydrogens (tertiary/aromatic N) is 1. The molecule has 0 aliphatic rings. The van der Waals surface area contributed by atoms with Gasteiger partial charge in [0, 0.05) is 15.1 Å². The van der Waals surface area contributed by atoms with Gasteiger partial charge in [-0.05, 0) is 18.2 Å². The molecule has 1 aromatic carbocycles. The van der Waals surface area contributed by atoms with Gasteiger partial charge in [0.05, 0.1) is 0 Å². The minimum Gasteiger partial charge on any atom is -0.370 e. The SMILES string of the molecule is Cl.NC(N)=NC(=O)c1cc(Cl)cc(Br)c1. The first-order valence-electron chi connectivity index (χ1n) is 3.59. The number of hydrogen-bond acceptors (Lipinski definition) is 1. The Morgan fingerprint density at radius 3 is 2.40 bits per heavy atom. The van der Waals surface area contributed by atoms with E-state index in [4.69, 9.17) is 23.1 Å². The average molecular weight is 313 g/mol. The third kappa shape index (κ3) is 4.51. The summed E-state index contributed by atoms with van der Waals surface area (Å²) in [6, 6.07) is 4.73. The summed E-state index contributed by atoms with van der Waals surface area (Å²) in [7, 11) is 0. The number of carbonyl (C=O) groups is 1. The molecule has 1 aromatic rings. The van der Waals surface area contributed by atoms with Crippen LogP contribution in [0.2, 0.25) is 5.02 Å². The van der Waals surface area contributed by atoms with Crippen molar-refractivity contribution in [2.45, 2.75) is 0 Å². The Hall–Kier alpha value is -0.780. The van der Waals surface area contributed by atoms with Crippen LogP contribution in [0.25, 0.3) is 0 Å². The van der Waals surface area contributed by atoms with Crippen LogP contribution in [0.1, 0.15) is 10.4 Å². The summed E-state index contributed by atoms with van der Waals surface area (Å²) in [6.45, 7) is 0. The summed E-state index contributed by atoms with van der Waals surface area (Å²) in [5.74, 6) is -0.792. The highest BCUT2D eigenvalue weighted by Gasteiger charge is 2.06. The molecule has 0 aromatic heterocycles. The normalized spacial score (nSPS) is 8.93. The monoisotopic (exact) mass is 311 g/mol. The zero-order valence-corrected chi connectivity index (χ0v) is 10.6. The van der Waals surface area contributed by atoms with Gasteiger partial charge in [-0.3, -0.25) is 4.79 Å². The van der Waals surface area contributed by atoms with Crippen molar-refractivity contribution in [1.29, 1.82) is 0 Å². The average Bonchev–Trinajstić information content (AvgIpc) is 2.00. The molecule has 7 heteroatoms. The largest absolute Gasteiger partial charge is 0.370 e. The van der Waals surface area contributed by atoms with Gasteiger partial charge in [0.15, 0.2) is 5.96 Å². The third-order valence-corrected chi connectivity index (χ3v) is 2.02. The van der Waals surface area contributed by atoms with E-state index in [0.717, 1.165) is 0 Å². The Labute approximate surface area is 106 Å². The van der Waals surface area contributed by atoms with Crippen LogP contribution in [0.15, 0.2) is 27.7 Å². The Morgan fingerprint density at radius 2 is 1.93 bits per heavy atom. The highest BCUT2D eigenvalue weighted by Crippen LogP contribution is 2.19. The molecule has 4 nitrogen and oxygen atoms in total. The van der Waals surface area contributed by atoms with E-state index >= 15 is 0 Å². The molecule has 0 bridgehead atoms. The van der Waals surface area contributed by atoms with Gasteiger partial charge >= 0.3 is 0 Å². The fraction of sp³-hybridized carbons (Fsp3) is 0. The quantitative estimate of drug-likeness (QED) is 0.614. The van der Waals surface area contributed by atoms with Crippen LogP contribution >= 0.6 is 39.9 Å². The first kappa shape index (κ1) is 14.2. The molecule has 0 radical (unpaired) electrons. The van der Waals surface area contributed by atoms with Crippen LogP contribution in [0, 0.1) is 0 Å². The summed E-state index contributed by atoms with van der Waals surface area (Å²) in [5, 5.41) is 0.438. The molecule has 82 valence electrons. The summed E-state index contributed by atoms with van der Waals surface area (Å²) >= 11 is 8.94. The van der Waals surface area contributed by atoms with Crippen molar-refractivity contribution in [3.63, 3.8) is 0 Å². The van der Waals surface area contributed by atoms with Gasteiger partial charge in [0.25, 0.3) is 5.91 Å². The number of guanidine groups is 1. The van der Waals surface area contributed by atoms with Crippen molar-refractivity contribution in [3.05, 3.63) is 33.3 Å². The van der Waals surface area contributed by atoms with Gasteiger partial charge < -0.3 is 11.5 Å². The number of amides is 1. The maximum atomic E-state index is 11.3. The highest BCUT2D eigenvalue weighted by atomic mass is 79.9. The van der Waals surface area contributed by atoms with E-state index in [9.17, 15) is 4.79 Å². The lowest BCUT2D eigenvalue weighted by Gasteiger charge is -1.98. The van der Waals surface area contributed by atoms with Crippen LogP contribution < -0.4 is 11.5 Å². The predicted octanol–water partition coefficient (Wildman–Crippen LogP) is 1.94. The zero-order chi connectivity index (χ0) is 10.7. The minimum atomic E-state index is -0.520. The number of hydrogen-bond donors (Lipinski definition) is 2. The number of nitrogens with two attached hydrogens (primary N) is 2. The van der Waals surface area contributed by atoms with Gasteiger partial charge in [-0.15, -0.1) is 12.4 Å². The van der Waals surface area contributed by atoms with E-state index < -0.39 is 5.91 Å². The first-order chi connectivity index (χ1) is 6.49. The molecule has 0 atom stereocenters. The Morgan fingerprint density at radius 1 is 1.33 bits per heavy atom. The van der Waals surface area contributed by atoms with Crippen molar-refractivity contribution in [2.75, 3.05) is 0 Å². The molecule has 0 unspecified atom stereocenters. The summed E-state index contributed by atoms with van der Waals surface area (Å²) in [6.07, 6.45) is 0. The highest BCUT2D eigenvalue weighted by molar-refractivity contribution is 9.10. The molecule has 1 amide bonds. The van der Waals surface area contributed by atoms with Crippen LogP contribution in [0.4, 0.5) is 0 Å². The third-order valence-electron chi connectivity index (χ3n) is 1.34. The fourth-order valence-corrected chi connectivity index (χ4v) is 1.72. The van der Waals surface area contributed by atoms with Gasteiger partial charge in [-0.2, -0.15) is 4.99 Å². The van der Waals surface area contributed by atoms with E-state index in [-0.39, 0.29) is 18.4 Å². The summed E-state index contributed by atoms with van der Waals surface area (Å²) in [5.41, 5.74) is 10.5. The van der Waals surface area contributed by atoms with Gasteiger partial charge in [-0.25, -0.2) is 0 Å². The number of aliphatic imine (C=N–C) groups is 1. The number of halogens is 3. The second-order valence-corrected chi connectivity index (χ2v) is 3.85. The van der Waals surface area contributed by atoms with E-state index in [2.05, 4.69) is 20.9 Å². The van der Waals surface area contributed by atoms with E-state index in [1.54, 1.807) is 12.1 Å². The molecule has 1 rings (SSSR count). The minimum absolute atomic E-state index is 0.